The topological polar surface area (TPSA) is 49.7 Å². The largest absolute Gasteiger partial charge is 0.302 e. The van der Waals surface area contributed by atoms with Crippen LogP contribution in [-0.4, -0.2) is 34.0 Å². The summed E-state index contributed by atoms with van der Waals surface area (Å²) in [5.74, 6) is -0.215. The first kappa shape index (κ1) is 18.9. The SMILES string of the molecule is CC(C(=O)c1ccccc1)N1C(=O)C(c2ccc(Cl)cc2)=NC12CCCCC2. The highest BCUT2D eigenvalue weighted by Crippen LogP contribution is 2.41. The van der Waals surface area contributed by atoms with Crippen LogP contribution >= 0.6 is 11.6 Å². The Hall–Kier alpha value is -2.46. The van der Waals surface area contributed by atoms with Crippen LogP contribution in [0.15, 0.2) is 59.6 Å². The van der Waals surface area contributed by atoms with E-state index in [1.54, 1.807) is 29.2 Å². The van der Waals surface area contributed by atoms with Gasteiger partial charge in [0.05, 0.1) is 6.04 Å². The Morgan fingerprint density at radius 1 is 1.04 bits per heavy atom. The van der Waals surface area contributed by atoms with Crippen molar-refractivity contribution in [3.05, 3.63) is 70.7 Å². The molecule has 1 spiro atoms. The van der Waals surface area contributed by atoms with Crippen LogP contribution in [0.2, 0.25) is 5.02 Å². The van der Waals surface area contributed by atoms with Crippen molar-refractivity contribution in [1.29, 1.82) is 0 Å². The maximum atomic E-state index is 13.5. The molecule has 1 aliphatic heterocycles. The van der Waals surface area contributed by atoms with Crippen molar-refractivity contribution in [1.82, 2.24) is 4.90 Å². The van der Waals surface area contributed by atoms with Crippen molar-refractivity contribution in [3.63, 3.8) is 0 Å². The van der Waals surface area contributed by atoms with Gasteiger partial charge in [-0.2, -0.15) is 0 Å². The molecule has 1 saturated carbocycles. The van der Waals surface area contributed by atoms with Gasteiger partial charge in [0.2, 0.25) is 0 Å². The lowest BCUT2D eigenvalue weighted by Crippen LogP contribution is -2.55. The van der Waals surface area contributed by atoms with E-state index >= 15 is 0 Å². The first-order valence-corrected chi connectivity index (χ1v) is 10.2. The van der Waals surface area contributed by atoms with Crippen molar-refractivity contribution in [3.8, 4) is 0 Å². The van der Waals surface area contributed by atoms with E-state index in [0.29, 0.717) is 16.3 Å². The number of Topliss-reactive ketones (excluding diaryl/α,β-unsaturated/α-hetero) is 1. The van der Waals surface area contributed by atoms with Crippen LogP contribution in [0.3, 0.4) is 0 Å². The number of hydrogen-bond acceptors (Lipinski definition) is 3. The summed E-state index contributed by atoms with van der Waals surface area (Å²) >= 11 is 6.01. The minimum Gasteiger partial charge on any atom is -0.302 e. The molecule has 28 heavy (non-hydrogen) atoms. The lowest BCUT2D eigenvalue weighted by molar-refractivity contribution is -0.130. The van der Waals surface area contributed by atoms with Crippen molar-refractivity contribution in [2.75, 3.05) is 0 Å². The molecule has 0 bridgehead atoms. The Balaban J connectivity index is 1.72. The summed E-state index contributed by atoms with van der Waals surface area (Å²) in [7, 11) is 0. The number of ketones is 1. The number of amides is 1. The monoisotopic (exact) mass is 394 g/mol. The average molecular weight is 395 g/mol. The van der Waals surface area contributed by atoms with Gasteiger partial charge in [-0.1, -0.05) is 60.5 Å². The average Bonchev–Trinajstić information content (AvgIpc) is 3.00. The molecule has 1 atom stereocenters. The first-order valence-electron chi connectivity index (χ1n) is 9.81. The molecule has 0 radical (unpaired) electrons. The van der Waals surface area contributed by atoms with Gasteiger partial charge in [-0.15, -0.1) is 0 Å². The lowest BCUT2D eigenvalue weighted by atomic mass is 9.87. The van der Waals surface area contributed by atoms with E-state index in [0.717, 1.165) is 37.7 Å². The van der Waals surface area contributed by atoms with Gasteiger partial charge in [-0.05, 0) is 44.7 Å². The molecule has 144 valence electrons. The summed E-state index contributed by atoms with van der Waals surface area (Å²) in [5, 5.41) is 0.617. The fourth-order valence-corrected chi connectivity index (χ4v) is 4.50. The number of hydrogen-bond donors (Lipinski definition) is 0. The molecule has 1 fully saturated rings. The zero-order valence-electron chi connectivity index (χ0n) is 15.9. The van der Waals surface area contributed by atoms with Crippen molar-refractivity contribution < 1.29 is 9.59 Å². The second kappa shape index (κ2) is 7.51. The smallest absolute Gasteiger partial charge is 0.275 e. The minimum atomic E-state index is -0.617. The van der Waals surface area contributed by atoms with E-state index in [4.69, 9.17) is 16.6 Å². The van der Waals surface area contributed by atoms with Gasteiger partial charge in [0.1, 0.15) is 11.4 Å². The van der Waals surface area contributed by atoms with Gasteiger partial charge in [0.25, 0.3) is 5.91 Å². The van der Waals surface area contributed by atoms with Gasteiger partial charge in [-0.3, -0.25) is 14.6 Å². The van der Waals surface area contributed by atoms with Crippen LogP contribution in [0, 0.1) is 0 Å². The maximum Gasteiger partial charge on any atom is 0.275 e. The van der Waals surface area contributed by atoms with E-state index in [1.165, 1.54) is 0 Å². The van der Waals surface area contributed by atoms with Crippen LogP contribution in [0.25, 0.3) is 0 Å². The number of rotatable bonds is 4. The van der Waals surface area contributed by atoms with Crippen molar-refractivity contribution in [2.24, 2.45) is 4.99 Å². The molecule has 4 nitrogen and oxygen atoms in total. The number of carbonyl (C=O) groups is 2. The summed E-state index contributed by atoms with van der Waals surface area (Å²) in [4.78, 5) is 33.3. The Labute approximate surface area is 170 Å². The molecular weight excluding hydrogens is 372 g/mol. The van der Waals surface area contributed by atoms with Gasteiger partial charge in [0, 0.05) is 16.1 Å². The molecule has 4 rings (SSSR count). The van der Waals surface area contributed by atoms with Crippen LogP contribution in [0.1, 0.15) is 54.9 Å². The summed E-state index contributed by atoms with van der Waals surface area (Å²) in [6, 6.07) is 15.8. The number of benzene rings is 2. The fraction of sp³-hybridized carbons (Fsp3) is 0.348. The molecule has 0 N–H and O–H groups in total. The molecule has 2 aromatic rings. The molecule has 2 aromatic carbocycles. The highest BCUT2D eigenvalue weighted by atomic mass is 35.5. The van der Waals surface area contributed by atoms with E-state index in [9.17, 15) is 9.59 Å². The van der Waals surface area contributed by atoms with E-state index in [2.05, 4.69) is 0 Å². The summed E-state index contributed by atoms with van der Waals surface area (Å²) in [5.41, 5.74) is 1.19. The minimum absolute atomic E-state index is 0.0496. The van der Waals surface area contributed by atoms with Crippen molar-refractivity contribution in [2.45, 2.75) is 50.7 Å². The third-order valence-corrected chi connectivity index (χ3v) is 6.04. The maximum absolute atomic E-state index is 13.5. The first-order chi connectivity index (χ1) is 13.5. The van der Waals surface area contributed by atoms with E-state index < -0.39 is 11.7 Å². The highest BCUT2D eigenvalue weighted by Gasteiger charge is 2.50. The molecule has 0 aromatic heterocycles. The summed E-state index contributed by atoms with van der Waals surface area (Å²) in [6.45, 7) is 1.82. The lowest BCUT2D eigenvalue weighted by Gasteiger charge is -2.42. The summed E-state index contributed by atoms with van der Waals surface area (Å²) < 4.78 is 0. The van der Waals surface area contributed by atoms with Crippen molar-refractivity contribution >= 4 is 29.0 Å². The van der Waals surface area contributed by atoms with Crippen LogP contribution in [0.5, 0.6) is 0 Å². The third kappa shape index (κ3) is 3.26. The molecular formula is C23H23ClN2O2. The predicted molar refractivity (Wildman–Crippen MR) is 111 cm³/mol. The Morgan fingerprint density at radius 2 is 1.68 bits per heavy atom. The standard InChI is InChI=1S/C23H23ClN2O2/c1-16(21(27)18-8-4-2-5-9-18)26-22(28)20(17-10-12-19(24)13-11-17)25-23(26)14-6-3-7-15-23/h2,4-5,8-13,16H,3,6-7,14-15H2,1H3. The van der Waals surface area contributed by atoms with Crippen LogP contribution in [-0.2, 0) is 4.79 Å². The molecule has 1 unspecified atom stereocenters. The zero-order valence-corrected chi connectivity index (χ0v) is 16.7. The number of halogens is 1. The molecule has 1 amide bonds. The fourth-order valence-electron chi connectivity index (χ4n) is 4.38. The Bertz CT molecular complexity index is 915. The van der Waals surface area contributed by atoms with E-state index in [1.807, 2.05) is 37.3 Å². The zero-order chi connectivity index (χ0) is 19.7. The normalized spacial score (nSPS) is 19.6. The molecule has 1 heterocycles. The number of nitrogens with zero attached hydrogens (tertiary/aromatic N) is 2. The molecule has 0 saturated heterocycles. The third-order valence-electron chi connectivity index (χ3n) is 5.79. The van der Waals surface area contributed by atoms with Gasteiger partial charge in [0.15, 0.2) is 5.78 Å². The Kier molecular flexibility index (Phi) is 5.07. The molecule has 1 aliphatic carbocycles. The molecule has 5 heteroatoms. The number of carbonyl (C=O) groups excluding carboxylic acids is 2. The second-order valence-electron chi connectivity index (χ2n) is 7.59. The van der Waals surface area contributed by atoms with E-state index in [-0.39, 0.29) is 11.7 Å². The van der Waals surface area contributed by atoms with Gasteiger partial charge >= 0.3 is 0 Å². The van der Waals surface area contributed by atoms with Crippen LogP contribution in [0.4, 0.5) is 0 Å². The molecule has 2 aliphatic rings. The predicted octanol–water partition coefficient (Wildman–Crippen LogP) is 4.90. The van der Waals surface area contributed by atoms with Gasteiger partial charge in [-0.25, -0.2) is 0 Å². The summed E-state index contributed by atoms with van der Waals surface area (Å²) in [6.07, 6.45) is 4.74. The highest BCUT2D eigenvalue weighted by molar-refractivity contribution is 6.47. The van der Waals surface area contributed by atoms with Gasteiger partial charge < -0.3 is 4.90 Å². The van der Waals surface area contributed by atoms with Crippen LogP contribution < -0.4 is 0 Å². The number of aliphatic imine (C=N–C) groups is 1. The second-order valence-corrected chi connectivity index (χ2v) is 8.03. The Morgan fingerprint density at radius 3 is 2.32 bits per heavy atom. The quantitative estimate of drug-likeness (QED) is 0.692.